The SMILES string of the molecule is O=C(Oc1ccco1)c1ccc(C=Nc2ccc3c(c2)OCCO3)cc1. The van der Waals surface area contributed by atoms with E-state index in [1.54, 1.807) is 42.6 Å². The minimum Gasteiger partial charge on any atom is -0.486 e. The van der Waals surface area contributed by atoms with Gasteiger partial charge >= 0.3 is 5.97 Å². The van der Waals surface area contributed by atoms with Gasteiger partial charge < -0.3 is 18.6 Å². The first-order chi connectivity index (χ1) is 12.8. The first-order valence-corrected chi connectivity index (χ1v) is 8.07. The van der Waals surface area contributed by atoms with Crippen LogP contribution in [0.4, 0.5) is 5.69 Å². The summed E-state index contributed by atoms with van der Waals surface area (Å²) < 4.78 is 21.1. The number of esters is 1. The first-order valence-electron chi connectivity index (χ1n) is 8.07. The summed E-state index contributed by atoms with van der Waals surface area (Å²) in [5.41, 5.74) is 2.04. The number of furan rings is 1. The molecule has 0 unspecified atom stereocenters. The van der Waals surface area contributed by atoms with Gasteiger partial charge in [0.2, 0.25) is 0 Å². The Bertz CT molecular complexity index is 929. The molecule has 0 N–H and O–H groups in total. The molecule has 1 aliphatic rings. The lowest BCUT2D eigenvalue weighted by molar-refractivity contribution is 0.0694. The Morgan fingerprint density at radius 2 is 1.81 bits per heavy atom. The van der Waals surface area contributed by atoms with Crippen LogP contribution in [0.2, 0.25) is 0 Å². The van der Waals surface area contributed by atoms with Crippen molar-refractivity contribution < 1.29 is 23.4 Å². The highest BCUT2D eigenvalue weighted by atomic mass is 16.6. The van der Waals surface area contributed by atoms with Crippen LogP contribution in [0.1, 0.15) is 15.9 Å². The third-order valence-electron chi connectivity index (χ3n) is 3.72. The van der Waals surface area contributed by atoms with Gasteiger partial charge in [0.1, 0.15) is 13.2 Å². The van der Waals surface area contributed by atoms with Crippen LogP contribution in [0.15, 0.2) is 70.3 Å². The van der Waals surface area contributed by atoms with Crippen LogP contribution in [-0.4, -0.2) is 25.4 Å². The van der Waals surface area contributed by atoms with Gasteiger partial charge in [-0.3, -0.25) is 4.99 Å². The van der Waals surface area contributed by atoms with Crippen molar-refractivity contribution in [2.45, 2.75) is 0 Å². The van der Waals surface area contributed by atoms with E-state index in [0.717, 1.165) is 17.0 Å². The van der Waals surface area contributed by atoms with Gasteiger partial charge in [-0.1, -0.05) is 12.1 Å². The number of aliphatic imine (C=N–C) groups is 1. The van der Waals surface area contributed by atoms with Crippen LogP contribution in [-0.2, 0) is 0 Å². The minimum atomic E-state index is -0.477. The monoisotopic (exact) mass is 349 g/mol. The van der Waals surface area contributed by atoms with Crippen molar-refractivity contribution in [1.29, 1.82) is 0 Å². The number of fused-ring (bicyclic) bond motifs is 1. The summed E-state index contributed by atoms with van der Waals surface area (Å²) in [6.45, 7) is 1.10. The molecule has 2 heterocycles. The zero-order chi connectivity index (χ0) is 17.8. The van der Waals surface area contributed by atoms with E-state index in [-0.39, 0.29) is 5.95 Å². The lowest BCUT2D eigenvalue weighted by atomic mass is 10.1. The lowest BCUT2D eigenvalue weighted by Gasteiger charge is -2.18. The van der Waals surface area contributed by atoms with E-state index in [0.29, 0.717) is 24.5 Å². The molecule has 0 radical (unpaired) electrons. The zero-order valence-electron chi connectivity index (χ0n) is 13.8. The van der Waals surface area contributed by atoms with Gasteiger partial charge in [0.15, 0.2) is 11.5 Å². The van der Waals surface area contributed by atoms with Crippen molar-refractivity contribution in [2.75, 3.05) is 13.2 Å². The molecule has 0 saturated heterocycles. The molecule has 6 nitrogen and oxygen atoms in total. The molecule has 0 bridgehead atoms. The average Bonchev–Trinajstić information content (AvgIpc) is 3.19. The van der Waals surface area contributed by atoms with Crippen LogP contribution in [0.25, 0.3) is 0 Å². The summed E-state index contributed by atoms with van der Waals surface area (Å²) in [5.74, 6) is 1.12. The van der Waals surface area contributed by atoms with E-state index in [1.807, 2.05) is 18.2 Å². The molecule has 0 spiro atoms. The fourth-order valence-electron chi connectivity index (χ4n) is 2.44. The van der Waals surface area contributed by atoms with Crippen LogP contribution in [0.3, 0.4) is 0 Å². The van der Waals surface area contributed by atoms with Crippen molar-refractivity contribution in [3.05, 3.63) is 72.0 Å². The summed E-state index contributed by atoms with van der Waals surface area (Å²) in [7, 11) is 0. The molecule has 4 rings (SSSR count). The average molecular weight is 349 g/mol. The number of carbonyl (C=O) groups is 1. The summed E-state index contributed by atoms with van der Waals surface area (Å²) in [6.07, 6.45) is 3.16. The largest absolute Gasteiger partial charge is 0.486 e. The normalized spacial score (nSPS) is 12.9. The second-order valence-electron chi connectivity index (χ2n) is 5.53. The summed E-state index contributed by atoms with van der Waals surface area (Å²) in [6, 6.07) is 15.7. The smallest absolute Gasteiger partial charge is 0.345 e. The van der Waals surface area contributed by atoms with Gasteiger partial charge in [-0.15, -0.1) is 0 Å². The number of nitrogens with zero attached hydrogens (tertiary/aromatic N) is 1. The van der Waals surface area contributed by atoms with E-state index >= 15 is 0 Å². The molecule has 1 aromatic heterocycles. The second kappa shape index (κ2) is 7.14. The molecule has 1 aliphatic heterocycles. The molecule has 6 heteroatoms. The highest BCUT2D eigenvalue weighted by Gasteiger charge is 2.11. The molecule has 0 fully saturated rings. The molecular formula is C20H15NO5. The van der Waals surface area contributed by atoms with Gasteiger partial charge in [-0.05, 0) is 35.9 Å². The van der Waals surface area contributed by atoms with E-state index in [4.69, 9.17) is 18.6 Å². The number of hydrogen-bond donors (Lipinski definition) is 0. The minimum absolute atomic E-state index is 0.166. The number of carbonyl (C=O) groups excluding carboxylic acids is 1. The van der Waals surface area contributed by atoms with Crippen LogP contribution < -0.4 is 14.2 Å². The third-order valence-corrected chi connectivity index (χ3v) is 3.72. The van der Waals surface area contributed by atoms with Gasteiger partial charge in [0.25, 0.3) is 5.95 Å². The highest BCUT2D eigenvalue weighted by molar-refractivity contribution is 5.92. The molecular weight excluding hydrogens is 334 g/mol. The molecule has 0 amide bonds. The Morgan fingerprint density at radius 1 is 1.00 bits per heavy atom. The Labute approximate surface area is 149 Å². The van der Waals surface area contributed by atoms with E-state index in [9.17, 15) is 4.79 Å². The Hall–Kier alpha value is -3.54. The van der Waals surface area contributed by atoms with Crippen LogP contribution in [0.5, 0.6) is 17.4 Å². The number of rotatable bonds is 4. The van der Waals surface area contributed by atoms with E-state index in [1.165, 1.54) is 6.26 Å². The first kappa shape index (κ1) is 16.0. The molecule has 130 valence electrons. The van der Waals surface area contributed by atoms with Crippen molar-refractivity contribution in [2.24, 2.45) is 4.99 Å². The predicted molar refractivity (Wildman–Crippen MR) is 94.8 cm³/mol. The zero-order valence-corrected chi connectivity index (χ0v) is 13.8. The molecule has 3 aromatic rings. The quantitative estimate of drug-likeness (QED) is 0.525. The Kier molecular flexibility index (Phi) is 4.38. The highest BCUT2D eigenvalue weighted by Crippen LogP contribution is 2.33. The van der Waals surface area contributed by atoms with Crippen LogP contribution in [0, 0.1) is 0 Å². The molecule has 0 atom stereocenters. The number of benzene rings is 2. The van der Waals surface area contributed by atoms with Crippen LogP contribution >= 0.6 is 0 Å². The standard InChI is InChI=1S/C20H15NO5/c22-20(26-19-2-1-9-25-19)15-5-3-14(4-6-15)13-21-16-7-8-17-18(12-16)24-11-10-23-17/h1-9,12-13H,10-11H2. The fraction of sp³-hybridized carbons (Fsp3) is 0.100. The maximum Gasteiger partial charge on any atom is 0.345 e. The van der Waals surface area contributed by atoms with Gasteiger partial charge in [-0.25, -0.2) is 4.79 Å². The van der Waals surface area contributed by atoms with Crippen molar-refractivity contribution in [3.63, 3.8) is 0 Å². The topological polar surface area (TPSA) is 70.3 Å². The molecule has 2 aromatic carbocycles. The van der Waals surface area contributed by atoms with Gasteiger partial charge in [-0.2, -0.15) is 0 Å². The molecule has 0 aliphatic carbocycles. The van der Waals surface area contributed by atoms with Gasteiger partial charge in [0.05, 0.1) is 17.5 Å². The second-order valence-corrected chi connectivity index (χ2v) is 5.53. The fourth-order valence-corrected chi connectivity index (χ4v) is 2.44. The lowest BCUT2D eigenvalue weighted by Crippen LogP contribution is -2.14. The molecule has 26 heavy (non-hydrogen) atoms. The molecule has 0 saturated carbocycles. The summed E-state index contributed by atoms with van der Waals surface area (Å²) in [4.78, 5) is 16.4. The number of ether oxygens (including phenoxy) is 3. The van der Waals surface area contributed by atoms with E-state index < -0.39 is 5.97 Å². The summed E-state index contributed by atoms with van der Waals surface area (Å²) >= 11 is 0. The van der Waals surface area contributed by atoms with Crippen molar-refractivity contribution in [3.8, 4) is 17.4 Å². The maximum absolute atomic E-state index is 12.0. The Balaban J connectivity index is 1.44. The van der Waals surface area contributed by atoms with Crippen molar-refractivity contribution >= 4 is 17.9 Å². The Morgan fingerprint density at radius 3 is 2.58 bits per heavy atom. The third kappa shape index (κ3) is 3.59. The predicted octanol–water partition coefficient (Wildman–Crippen LogP) is 4.02. The summed E-state index contributed by atoms with van der Waals surface area (Å²) in [5, 5.41) is 0. The maximum atomic E-state index is 12.0. The van der Waals surface area contributed by atoms with E-state index in [2.05, 4.69) is 4.99 Å². The van der Waals surface area contributed by atoms with Crippen molar-refractivity contribution in [1.82, 2.24) is 0 Å². The van der Waals surface area contributed by atoms with Gasteiger partial charge in [0, 0.05) is 18.3 Å². The number of hydrogen-bond acceptors (Lipinski definition) is 6.